The van der Waals surface area contributed by atoms with Gasteiger partial charge in [-0.25, -0.2) is 0 Å². The molecule has 1 unspecified atom stereocenters. The first-order valence-corrected chi connectivity index (χ1v) is 9.01. The van der Waals surface area contributed by atoms with Crippen molar-refractivity contribution in [3.63, 3.8) is 0 Å². The molecule has 0 fully saturated rings. The molecule has 0 bridgehead atoms. The molecule has 1 aromatic carbocycles. The second-order valence-corrected chi connectivity index (χ2v) is 6.69. The Labute approximate surface area is 150 Å². The van der Waals surface area contributed by atoms with Crippen LogP contribution in [-0.4, -0.2) is 28.3 Å². The minimum atomic E-state index is -0.217. The van der Waals surface area contributed by atoms with Crippen LogP contribution in [0.2, 0.25) is 0 Å². The molecule has 0 spiro atoms. The standard InChI is InChI=1S/C20H30N4O/c1-6-11-21-20(25)16(4)22-12-19-15(3)23-24(17(19)5)13-18-9-7-14(2)8-10-18/h7-10,16,22H,6,11-13H2,1-5H3,(H,21,25). The smallest absolute Gasteiger partial charge is 0.236 e. The first-order valence-electron chi connectivity index (χ1n) is 9.01. The van der Waals surface area contributed by atoms with E-state index in [1.54, 1.807) is 0 Å². The summed E-state index contributed by atoms with van der Waals surface area (Å²) in [7, 11) is 0. The molecular formula is C20H30N4O. The monoisotopic (exact) mass is 342 g/mol. The first kappa shape index (κ1) is 19.2. The van der Waals surface area contributed by atoms with Crippen molar-refractivity contribution in [2.45, 2.75) is 60.2 Å². The van der Waals surface area contributed by atoms with E-state index in [4.69, 9.17) is 0 Å². The third-order valence-electron chi connectivity index (χ3n) is 4.51. The highest BCUT2D eigenvalue weighted by molar-refractivity contribution is 5.81. The molecule has 1 heterocycles. The number of rotatable bonds is 8. The van der Waals surface area contributed by atoms with Gasteiger partial charge in [-0.2, -0.15) is 5.10 Å². The van der Waals surface area contributed by atoms with Crippen LogP contribution in [0.1, 0.15) is 48.3 Å². The van der Waals surface area contributed by atoms with Gasteiger partial charge in [0.2, 0.25) is 5.91 Å². The molecule has 0 aliphatic heterocycles. The van der Waals surface area contributed by atoms with Crippen LogP contribution < -0.4 is 10.6 Å². The summed E-state index contributed by atoms with van der Waals surface area (Å²) in [5.41, 5.74) is 5.83. The molecule has 0 radical (unpaired) electrons. The van der Waals surface area contributed by atoms with Gasteiger partial charge in [-0.3, -0.25) is 9.48 Å². The number of hydrogen-bond acceptors (Lipinski definition) is 3. The lowest BCUT2D eigenvalue weighted by Crippen LogP contribution is -2.42. The Kier molecular flexibility index (Phi) is 6.76. The van der Waals surface area contributed by atoms with E-state index in [1.807, 2.05) is 25.5 Å². The van der Waals surface area contributed by atoms with E-state index in [-0.39, 0.29) is 11.9 Å². The minimum absolute atomic E-state index is 0.0456. The van der Waals surface area contributed by atoms with Gasteiger partial charge in [-0.15, -0.1) is 0 Å². The van der Waals surface area contributed by atoms with Gasteiger partial charge in [0, 0.05) is 24.3 Å². The van der Waals surface area contributed by atoms with Crippen molar-refractivity contribution in [1.29, 1.82) is 0 Å². The highest BCUT2D eigenvalue weighted by atomic mass is 16.2. The number of amides is 1. The fourth-order valence-corrected chi connectivity index (χ4v) is 2.76. The normalized spacial score (nSPS) is 12.2. The SMILES string of the molecule is CCCNC(=O)C(C)NCc1c(C)nn(Cc2ccc(C)cc2)c1C. The number of aromatic nitrogens is 2. The van der Waals surface area contributed by atoms with Crippen LogP contribution in [-0.2, 0) is 17.9 Å². The predicted molar refractivity (Wildman–Crippen MR) is 102 cm³/mol. The highest BCUT2D eigenvalue weighted by Crippen LogP contribution is 2.15. The summed E-state index contributed by atoms with van der Waals surface area (Å²) in [6, 6.07) is 8.32. The maximum Gasteiger partial charge on any atom is 0.236 e. The third-order valence-corrected chi connectivity index (χ3v) is 4.51. The van der Waals surface area contributed by atoms with Crippen molar-refractivity contribution in [3.8, 4) is 0 Å². The van der Waals surface area contributed by atoms with Crippen molar-refractivity contribution in [2.75, 3.05) is 6.54 Å². The van der Waals surface area contributed by atoms with Gasteiger partial charge in [0.25, 0.3) is 0 Å². The molecule has 1 atom stereocenters. The molecule has 2 N–H and O–H groups in total. The average Bonchev–Trinajstić information content (AvgIpc) is 2.86. The molecule has 5 nitrogen and oxygen atoms in total. The van der Waals surface area contributed by atoms with Crippen molar-refractivity contribution in [1.82, 2.24) is 20.4 Å². The maximum atomic E-state index is 12.0. The molecule has 2 rings (SSSR count). The fraction of sp³-hybridized carbons (Fsp3) is 0.500. The van der Waals surface area contributed by atoms with E-state index in [0.29, 0.717) is 6.54 Å². The Bertz CT molecular complexity index is 703. The van der Waals surface area contributed by atoms with E-state index in [1.165, 1.54) is 16.7 Å². The Morgan fingerprint density at radius 3 is 2.52 bits per heavy atom. The van der Waals surface area contributed by atoms with Gasteiger partial charge >= 0.3 is 0 Å². The number of nitrogens with one attached hydrogen (secondary N) is 2. The van der Waals surface area contributed by atoms with Gasteiger partial charge in [0.15, 0.2) is 0 Å². The fourth-order valence-electron chi connectivity index (χ4n) is 2.76. The zero-order chi connectivity index (χ0) is 18.4. The van der Waals surface area contributed by atoms with Crippen LogP contribution in [0.25, 0.3) is 0 Å². The van der Waals surface area contributed by atoms with Crippen LogP contribution in [0.15, 0.2) is 24.3 Å². The van der Waals surface area contributed by atoms with Crippen LogP contribution in [0, 0.1) is 20.8 Å². The zero-order valence-corrected chi connectivity index (χ0v) is 16.0. The van der Waals surface area contributed by atoms with E-state index >= 15 is 0 Å². The third kappa shape index (κ3) is 5.16. The molecule has 1 aromatic heterocycles. The molecule has 5 heteroatoms. The lowest BCUT2D eigenvalue weighted by molar-refractivity contribution is -0.122. The number of carbonyl (C=O) groups excluding carboxylic acids is 1. The average molecular weight is 342 g/mol. The summed E-state index contributed by atoms with van der Waals surface area (Å²) in [6.45, 7) is 12.3. The zero-order valence-electron chi connectivity index (χ0n) is 16.0. The lowest BCUT2D eigenvalue weighted by Gasteiger charge is -2.14. The molecule has 25 heavy (non-hydrogen) atoms. The van der Waals surface area contributed by atoms with E-state index in [0.717, 1.165) is 30.9 Å². The Morgan fingerprint density at radius 1 is 1.20 bits per heavy atom. The van der Waals surface area contributed by atoms with E-state index < -0.39 is 0 Å². The first-order chi connectivity index (χ1) is 11.9. The maximum absolute atomic E-state index is 12.0. The molecule has 0 aliphatic rings. The molecule has 2 aromatic rings. The van der Waals surface area contributed by atoms with Gasteiger partial charge in [-0.05, 0) is 39.7 Å². The largest absolute Gasteiger partial charge is 0.355 e. The Balaban J connectivity index is 2.01. The Morgan fingerprint density at radius 2 is 1.88 bits per heavy atom. The molecule has 1 amide bonds. The lowest BCUT2D eigenvalue weighted by atomic mass is 10.1. The second kappa shape index (κ2) is 8.81. The second-order valence-electron chi connectivity index (χ2n) is 6.69. The Hall–Kier alpha value is -2.14. The van der Waals surface area contributed by atoms with E-state index in [9.17, 15) is 4.79 Å². The molecule has 0 saturated carbocycles. The van der Waals surface area contributed by atoms with Crippen LogP contribution in [0.4, 0.5) is 0 Å². The van der Waals surface area contributed by atoms with Crippen molar-refractivity contribution in [2.24, 2.45) is 0 Å². The van der Waals surface area contributed by atoms with Crippen LogP contribution >= 0.6 is 0 Å². The van der Waals surface area contributed by atoms with Gasteiger partial charge in [0.1, 0.15) is 0 Å². The number of benzene rings is 1. The molecule has 0 saturated heterocycles. The summed E-state index contributed by atoms with van der Waals surface area (Å²) in [5, 5.41) is 10.9. The van der Waals surface area contributed by atoms with Crippen molar-refractivity contribution in [3.05, 3.63) is 52.3 Å². The molecule has 136 valence electrons. The van der Waals surface area contributed by atoms with Crippen molar-refractivity contribution >= 4 is 5.91 Å². The summed E-state index contributed by atoms with van der Waals surface area (Å²) < 4.78 is 2.04. The van der Waals surface area contributed by atoms with E-state index in [2.05, 4.69) is 53.8 Å². The summed E-state index contributed by atoms with van der Waals surface area (Å²) in [6.07, 6.45) is 0.947. The number of nitrogens with zero attached hydrogens (tertiary/aromatic N) is 2. The number of carbonyl (C=O) groups is 1. The van der Waals surface area contributed by atoms with Crippen LogP contribution in [0.3, 0.4) is 0 Å². The topological polar surface area (TPSA) is 59.0 Å². The number of aryl methyl sites for hydroxylation is 2. The summed E-state index contributed by atoms with van der Waals surface area (Å²) in [4.78, 5) is 12.0. The number of hydrogen-bond donors (Lipinski definition) is 2. The van der Waals surface area contributed by atoms with Gasteiger partial charge in [-0.1, -0.05) is 36.8 Å². The minimum Gasteiger partial charge on any atom is -0.355 e. The summed E-state index contributed by atoms with van der Waals surface area (Å²) in [5.74, 6) is 0.0456. The van der Waals surface area contributed by atoms with Crippen molar-refractivity contribution < 1.29 is 4.79 Å². The summed E-state index contributed by atoms with van der Waals surface area (Å²) >= 11 is 0. The predicted octanol–water partition coefficient (Wildman–Crippen LogP) is 2.86. The highest BCUT2D eigenvalue weighted by Gasteiger charge is 2.15. The molecule has 0 aliphatic carbocycles. The molecular weight excluding hydrogens is 312 g/mol. The quantitative estimate of drug-likeness (QED) is 0.775. The van der Waals surface area contributed by atoms with Gasteiger partial charge < -0.3 is 10.6 Å². The van der Waals surface area contributed by atoms with Gasteiger partial charge in [0.05, 0.1) is 18.3 Å². The van der Waals surface area contributed by atoms with Crippen LogP contribution in [0.5, 0.6) is 0 Å².